The second kappa shape index (κ2) is 5.05. The third-order valence-corrected chi connectivity index (χ3v) is 5.49. The fourth-order valence-electron chi connectivity index (χ4n) is 1.44. The smallest absolute Gasteiger partial charge is 0.246 e. The van der Waals surface area contributed by atoms with Crippen molar-refractivity contribution in [2.75, 3.05) is 12.8 Å². The number of benzene rings is 1. The minimum absolute atomic E-state index is 0.400. The van der Waals surface area contributed by atoms with Crippen molar-refractivity contribution < 1.29 is 17.2 Å². The molecule has 0 saturated carbocycles. The van der Waals surface area contributed by atoms with Crippen LogP contribution in [0.2, 0.25) is 0 Å². The molecule has 1 aromatic carbocycles. The minimum atomic E-state index is -4.07. The van der Waals surface area contributed by atoms with Crippen molar-refractivity contribution in [1.29, 1.82) is 0 Å². The van der Waals surface area contributed by atoms with Crippen LogP contribution in [0.25, 0.3) is 0 Å². The molecule has 0 aliphatic rings. The molecule has 0 aliphatic heterocycles. The second-order valence-electron chi connectivity index (χ2n) is 4.94. The molecule has 108 valence electrons. The van der Waals surface area contributed by atoms with E-state index in [0.717, 1.165) is 10.4 Å². The Bertz CT molecular complexity index is 586. The lowest BCUT2D eigenvalue weighted by atomic mass is 10.0. The Morgan fingerprint density at radius 1 is 1.26 bits per heavy atom. The first-order valence-corrected chi connectivity index (χ1v) is 7.21. The van der Waals surface area contributed by atoms with E-state index in [1.165, 1.54) is 7.05 Å². The summed E-state index contributed by atoms with van der Waals surface area (Å²) in [6.07, 6.45) is 0.543. The molecule has 1 aromatic rings. The van der Waals surface area contributed by atoms with Crippen LogP contribution in [-0.4, -0.2) is 25.3 Å². The van der Waals surface area contributed by atoms with E-state index in [9.17, 15) is 17.2 Å². The highest BCUT2D eigenvalue weighted by atomic mass is 32.2. The van der Waals surface area contributed by atoms with Gasteiger partial charge in [0.25, 0.3) is 0 Å². The summed E-state index contributed by atoms with van der Waals surface area (Å²) >= 11 is 0. The molecule has 7 heteroatoms. The molecule has 2 N–H and O–H groups in total. The van der Waals surface area contributed by atoms with Gasteiger partial charge in [-0.25, -0.2) is 17.2 Å². The quantitative estimate of drug-likeness (QED) is 0.866. The highest BCUT2D eigenvalue weighted by Gasteiger charge is 2.34. The molecule has 0 spiro atoms. The Morgan fingerprint density at radius 3 is 2.26 bits per heavy atom. The molecule has 0 amide bonds. The number of nitrogens with two attached hydrogens (primary N) is 1. The first-order chi connectivity index (χ1) is 8.54. The maximum absolute atomic E-state index is 13.7. The van der Waals surface area contributed by atoms with Gasteiger partial charge in [0.05, 0.1) is 5.69 Å². The van der Waals surface area contributed by atoms with Crippen molar-refractivity contribution in [3.8, 4) is 0 Å². The van der Waals surface area contributed by atoms with E-state index < -0.39 is 37.8 Å². The van der Waals surface area contributed by atoms with Crippen LogP contribution in [0.5, 0.6) is 0 Å². The van der Waals surface area contributed by atoms with E-state index in [1.807, 2.05) is 6.92 Å². The number of anilines is 1. The van der Waals surface area contributed by atoms with Crippen molar-refractivity contribution in [3.63, 3.8) is 0 Å². The summed E-state index contributed by atoms with van der Waals surface area (Å²) in [5.74, 6) is -2.13. The number of hydrogen-bond acceptors (Lipinski definition) is 3. The number of sulfonamides is 1. The van der Waals surface area contributed by atoms with E-state index in [0.29, 0.717) is 12.5 Å². The average molecular weight is 292 g/mol. The van der Waals surface area contributed by atoms with Crippen LogP contribution in [0.1, 0.15) is 27.2 Å². The third-order valence-electron chi connectivity index (χ3n) is 3.41. The number of nitrogens with zero attached hydrogens (tertiary/aromatic N) is 1. The Balaban J connectivity index is 3.40. The van der Waals surface area contributed by atoms with Crippen molar-refractivity contribution >= 4 is 15.7 Å². The second-order valence-corrected chi connectivity index (χ2v) is 6.88. The zero-order valence-electron chi connectivity index (χ0n) is 11.4. The lowest BCUT2D eigenvalue weighted by Crippen LogP contribution is -2.44. The molecular weight excluding hydrogens is 274 g/mol. The molecule has 0 fully saturated rings. The van der Waals surface area contributed by atoms with Crippen LogP contribution < -0.4 is 5.73 Å². The van der Waals surface area contributed by atoms with Gasteiger partial charge in [-0.05, 0) is 26.3 Å². The topological polar surface area (TPSA) is 63.4 Å². The molecule has 4 nitrogen and oxygen atoms in total. The average Bonchev–Trinajstić information content (AvgIpc) is 2.32. The van der Waals surface area contributed by atoms with Crippen LogP contribution >= 0.6 is 0 Å². The fraction of sp³-hybridized carbons (Fsp3) is 0.500. The molecule has 0 aromatic heterocycles. The number of nitrogen functional groups attached to an aromatic ring is 1. The molecular formula is C12H18F2N2O2S. The molecule has 1 rings (SSSR count). The number of halogens is 2. The summed E-state index contributed by atoms with van der Waals surface area (Å²) in [5, 5.41) is 0. The van der Waals surface area contributed by atoms with Crippen LogP contribution in [-0.2, 0) is 10.0 Å². The predicted octanol–water partition coefficient (Wildman–Crippen LogP) is 2.36. The fourth-order valence-corrected chi connectivity index (χ4v) is 3.09. The summed E-state index contributed by atoms with van der Waals surface area (Å²) in [4.78, 5) is -0.615. The van der Waals surface area contributed by atoms with Gasteiger partial charge in [-0.1, -0.05) is 6.92 Å². The highest BCUT2D eigenvalue weighted by Crippen LogP contribution is 2.28. The lowest BCUT2D eigenvalue weighted by Gasteiger charge is -2.33. The standard InChI is InChI=1S/C12H18F2N2O2S/c1-5-12(2,3)16(4)19(17,18)11-7-10(15)8(13)6-9(11)14/h6-7H,5,15H2,1-4H3. The zero-order chi connectivity index (χ0) is 15.0. The van der Waals surface area contributed by atoms with Gasteiger partial charge in [0.2, 0.25) is 10.0 Å². The van der Waals surface area contributed by atoms with E-state index in [1.54, 1.807) is 13.8 Å². The summed E-state index contributed by atoms with van der Waals surface area (Å²) < 4.78 is 52.5. The van der Waals surface area contributed by atoms with Gasteiger partial charge in [-0.3, -0.25) is 0 Å². The van der Waals surface area contributed by atoms with Crippen LogP contribution in [0.15, 0.2) is 17.0 Å². The van der Waals surface area contributed by atoms with Gasteiger partial charge in [-0.2, -0.15) is 4.31 Å². The third kappa shape index (κ3) is 2.87. The number of hydrogen-bond donors (Lipinski definition) is 1. The summed E-state index contributed by atoms with van der Waals surface area (Å²) in [7, 11) is -2.71. The van der Waals surface area contributed by atoms with E-state index in [4.69, 9.17) is 5.73 Å². The van der Waals surface area contributed by atoms with Crippen molar-refractivity contribution in [2.24, 2.45) is 0 Å². The Hall–Kier alpha value is -1.21. The largest absolute Gasteiger partial charge is 0.396 e. The SMILES string of the molecule is CCC(C)(C)N(C)S(=O)(=O)c1cc(N)c(F)cc1F. The molecule has 19 heavy (non-hydrogen) atoms. The van der Waals surface area contributed by atoms with E-state index >= 15 is 0 Å². The van der Waals surface area contributed by atoms with Gasteiger partial charge in [0.1, 0.15) is 16.5 Å². The molecule has 0 unspecified atom stereocenters. The van der Waals surface area contributed by atoms with Crippen molar-refractivity contribution in [1.82, 2.24) is 4.31 Å². The van der Waals surface area contributed by atoms with Gasteiger partial charge < -0.3 is 5.73 Å². The zero-order valence-corrected chi connectivity index (χ0v) is 12.2. The summed E-state index contributed by atoms with van der Waals surface area (Å²) in [6.45, 7) is 5.26. The predicted molar refractivity (Wildman–Crippen MR) is 70.1 cm³/mol. The van der Waals surface area contributed by atoms with Gasteiger partial charge >= 0.3 is 0 Å². The first kappa shape index (κ1) is 15.8. The minimum Gasteiger partial charge on any atom is -0.396 e. The van der Waals surface area contributed by atoms with Crippen molar-refractivity contribution in [3.05, 3.63) is 23.8 Å². The summed E-state index contributed by atoms with van der Waals surface area (Å²) in [5.41, 5.74) is 4.22. The van der Waals surface area contributed by atoms with E-state index in [-0.39, 0.29) is 0 Å². The lowest BCUT2D eigenvalue weighted by molar-refractivity contribution is 0.256. The Morgan fingerprint density at radius 2 is 1.79 bits per heavy atom. The van der Waals surface area contributed by atoms with Gasteiger partial charge in [0.15, 0.2) is 0 Å². The monoisotopic (exact) mass is 292 g/mol. The Kier molecular flexibility index (Phi) is 4.21. The van der Waals surface area contributed by atoms with Crippen LogP contribution in [0, 0.1) is 11.6 Å². The van der Waals surface area contributed by atoms with Crippen LogP contribution in [0.3, 0.4) is 0 Å². The molecule has 0 bridgehead atoms. The molecule has 0 aliphatic carbocycles. The van der Waals surface area contributed by atoms with Gasteiger partial charge in [0, 0.05) is 18.7 Å². The molecule has 0 saturated heterocycles. The van der Waals surface area contributed by atoms with Crippen molar-refractivity contribution in [2.45, 2.75) is 37.6 Å². The van der Waals surface area contributed by atoms with Crippen LogP contribution in [0.4, 0.5) is 14.5 Å². The Labute approximate surface area is 112 Å². The maximum atomic E-state index is 13.7. The highest BCUT2D eigenvalue weighted by molar-refractivity contribution is 7.89. The molecule has 0 heterocycles. The summed E-state index contributed by atoms with van der Waals surface area (Å²) in [6, 6.07) is 1.29. The normalized spacial score (nSPS) is 13.0. The number of rotatable bonds is 4. The van der Waals surface area contributed by atoms with Gasteiger partial charge in [-0.15, -0.1) is 0 Å². The van der Waals surface area contributed by atoms with E-state index in [2.05, 4.69) is 0 Å². The first-order valence-electron chi connectivity index (χ1n) is 5.77. The molecule has 0 radical (unpaired) electrons. The maximum Gasteiger partial charge on any atom is 0.246 e. The molecule has 0 atom stereocenters.